The van der Waals surface area contributed by atoms with Crippen molar-refractivity contribution >= 4 is 0 Å². The normalized spacial score (nSPS) is 30.9. The van der Waals surface area contributed by atoms with Gasteiger partial charge in [-0.1, -0.05) is 12.8 Å². The van der Waals surface area contributed by atoms with E-state index in [0.29, 0.717) is 0 Å². The Morgan fingerprint density at radius 2 is 1.80 bits per heavy atom. The van der Waals surface area contributed by atoms with Crippen LogP contribution in [0.3, 0.4) is 0 Å². The highest BCUT2D eigenvalue weighted by Crippen LogP contribution is 2.44. The summed E-state index contributed by atoms with van der Waals surface area (Å²) >= 11 is 0. The molecule has 1 aliphatic carbocycles. The number of hydrogen-bond donors (Lipinski definition) is 1. The fourth-order valence-corrected chi connectivity index (χ4v) is 2.47. The standard InChI is InChI=1S/C8H16N2/c9-7-10-5-8(6-10)3-1-2-4-8/h1-7,9H2. The maximum atomic E-state index is 5.51. The summed E-state index contributed by atoms with van der Waals surface area (Å²) in [6.45, 7) is 3.33. The van der Waals surface area contributed by atoms with E-state index in [9.17, 15) is 0 Å². The third kappa shape index (κ3) is 0.867. The first kappa shape index (κ1) is 6.62. The van der Waals surface area contributed by atoms with Crippen molar-refractivity contribution in [1.29, 1.82) is 0 Å². The molecule has 1 aliphatic heterocycles. The van der Waals surface area contributed by atoms with Gasteiger partial charge in [-0.3, -0.25) is 4.90 Å². The largest absolute Gasteiger partial charge is 0.318 e. The lowest BCUT2D eigenvalue weighted by Crippen LogP contribution is -2.56. The van der Waals surface area contributed by atoms with Gasteiger partial charge in [-0.05, 0) is 18.3 Å². The first-order valence-electron chi connectivity index (χ1n) is 4.27. The Labute approximate surface area is 62.4 Å². The lowest BCUT2D eigenvalue weighted by Gasteiger charge is -2.47. The van der Waals surface area contributed by atoms with Gasteiger partial charge in [-0.25, -0.2) is 0 Å². The molecule has 2 nitrogen and oxygen atoms in total. The molecular formula is C8H16N2. The van der Waals surface area contributed by atoms with E-state index in [1.54, 1.807) is 0 Å². The van der Waals surface area contributed by atoms with Crippen molar-refractivity contribution in [2.24, 2.45) is 11.1 Å². The molecule has 0 atom stereocenters. The monoisotopic (exact) mass is 140 g/mol. The van der Waals surface area contributed by atoms with Gasteiger partial charge in [-0.2, -0.15) is 0 Å². The van der Waals surface area contributed by atoms with Gasteiger partial charge in [0.05, 0.1) is 0 Å². The maximum absolute atomic E-state index is 5.51. The number of hydrogen-bond acceptors (Lipinski definition) is 2. The Morgan fingerprint density at radius 3 is 2.30 bits per heavy atom. The molecule has 1 saturated carbocycles. The average Bonchev–Trinajstić information content (AvgIpc) is 2.30. The Hall–Kier alpha value is -0.0800. The van der Waals surface area contributed by atoms with Gasteiger partial charge < -0.3 is 5.73 Å². The van der Waals surface area contributed by atoms with E-state index in [1.807, 2.05) is 0 Å². The van der Waals surface area contributed by atoms with E-state index in [-0.39, 0.29) is 0 Å². The second kappa shape index (κ2) is 2.21. The molecule has 10 heavy (non-hydrogen) atoms. The molecule has 0 aromatic heterocycles. The molecule has 0 radical (unpaired) electrons. The predicted molar refractivity (Wildman–Crippen MR) is 41.5 cm³/mol. The molecule has 1 saturated heterocycles. The summed E-state index contributed by atoms with van der Waals surface area (Å²) in [6.07, 6.45) is 5.84. The van der Waals surface area contributed by atoms with Gasteiger partial charge in [0, 0.05) is 19.8 Å². The van der Waals surface area contributed by atoms with Crippen molar-refractivity contribution in [3.63, 3.8) is 0 Å². The van der Waals surface area contributed by atoms with Crippen molar-refractivity contribution in [3.05, 3.63) is 0 Å². The number of rotatable bonds is 1. The van der Waals surface area contributed by atoms with Gasteiger partial charge in [0.1, 0.15) is 0 Å². The molecular weight excluding hydrogens is 124 g/mol. The molecule has 2 N–H and O–H groups in total. The van der Waals surface area contributed by atoms with Crippen LogP contribution in [-0.2, 0) is 0 Å². The Morgan fingerprint density at radius 1 is 1.20 bits per heavy atom. The zero-order valence-corrected chi connectivity index (χ0v) is 6.47. The molecule has 2 aliphatic rings. The Balaban J connectivity index is 1.86. The molecule has 1 spiro atoms. The zero-order chi connectivity index (χ0) is 7.03. The average molecular weight is 140 g/mol. The van der Waals surface area contributed by atoms with E-state index in [1.165, 1.54) is 38.8 Å². The summed E-state index contributed by atoms with van der Waals surface area (Å²) in [5.74, 6) is 0. The first-order valence-corrected chi connectivity index (χ1v) is 4.27. The van der Waals surface area contributed by atoms with Crippen LogP contribution >= 0.6 is 0 Å². The van der Waals surface area contributed by atoms with Crippen LogP contribution in [0.4, 0.5) is 0 Å². The topological polar surface area (TPSA) is 29.3 Å². The van der Waals surface area contributed by atoms with Crippen molar-refractivity contribution in [2.45, 2.75) is 25.7 Å². The third-order valence-electron chi connectivity index (χ3n) is 3.04. The lowest BCUT2D eigenvalue weighted by molar-refractivity contribution is 0.00844. The van der Waals surface area contributed by atoms with E-state index in [4.69, 9.17) is 5.73 Å². The first-order chi connectivity index (χ1) is 4.85. The van der Waals surface area contributed by atoms with Crippen LogP contribution in [-0.4, -0.2) is 24.7 Å². The molecule has 0 aromatic carbocycles. The highest BCUT2D eigenvalue weighted by molar-refractivity contribution is 4.97. The van der Waals surface area contributed by atoms with Gasteiger partial charge in [0.2, 0.25) is 0 Å². The summed E-state index contributed by atoms with van der Waals surface area (Å²) in [4.78, 5) is 2.34. The van der Waals surface area contributed by atoms with Crippen molar-refractivity contribution < 1.29 is 0 Å². The Bertz CT molecular complexity index is 119. The SMILES string of the molecule is NCN1CC2(CCCC2)C1. The molecule has 2 rings (SSSR count). The van der Waals surface area contributed by atoms with E-state index < -0.39 is 0 Å². The fraction of sp³-hybridized carbons (Fsp3) is 1.00. The predicted octanol–water partition coefficient (Wildman–Crippen LogP) is 0.779. The fourth-order valence-electron chi connectivity index (χ4n) is 2.47. The second-order valence-electron chi connectivity index (χ2n) is 3.88. The summed E-state index contributed by atoms with van der Waals surface area (Å²) in [5, 5.41) is 0. The zero-order valence-electron chi connectivity index (χ0n) is 6.47. The Kier molecular flexibility index (Phi) is 1.46. The summed E-state index contributed by atoms with van der Waals surface area (Å²) in [5.41, 5.74) is 6.25. The summed E-state index contributed by atoms with van der Waals surface area (Å²) in [6, 6.07) is 0. The second-order valence-corrected chi connectivity index (χ2v) is 3.88. The minimum atomic E-state index is 0.735. The highest BCUT2D eigenvalue weighted by atomic mass is 15.2. The molecule has 1 heterocycles. The summed E-state index contributed by atoms with van der Waals surface area (Å²) in [7, 11) is 0. The van der Waals surface area contributed by atoms with Crippen LogP contribution in [0.1, 0.15) is 25.7 Å². The highest BCUT2D eigenvalue weighted by Gasteiger charge is 2.43. The van der Waals surface area contributed by atoms with E-state index >= 15 is 0 Å². The lowest BCUT2D eigenvalue weighted by atomic mass is 9.79. The van der Waals surface area contributed by atoms with Crippen LogP contribution in [0.2, 0.25) is 0 Å². The van der Waals surface area contributed by atoms with Gasteiger partial charge in [-0.15, -0.1) is 0 Å². The minimum absolute atomic E-state index is 0.735. The number of nitrogens with zero attached hydrogens (tertiary/aromatic N) is 1. The van der Waals surface area contributed by atoms with E-state index in [0.717, 1.165) is 12.1 Å². The van der Waals surface area contributed by atoms with E-state index in [2.05, 4.69) is 4.90 Å². The third-order valence-corrected chi connectivity index (χ3v) is 3.04. The molecule has 58 valence electrons. The van der Waals surface area contributed by atoms with Gasteiger partial charge >= 0.3 is 0 Å². The van der Waals surface area contributed by atoms with Gasteiger partial charge in [0.25, 0.3) is 0 Å². The van der Waals surface area contributed by atoms with Crippen LogP contribution in [0.5, 0.6) is 0 Å². The molecule has 2 fully saturated rings. The summed E-state index contributed by atoms with van der Waals surface area (Å²) < 4.78 is 0. The van der Waals surface area contributed by atoms with Crippen molar-refractivity contribution in [1.82, 2.24) is 4.90 Å². The quantitative estimate of drug-likeness (QED) is 0.583. The minimum Gasteiger partial charge on any atom is -0.318 e. The van der Waals surface area contributed by atoms with Gasteiger partial charge in [0.15, 0.2) is 0 Å². The maximum Gasteiger partial charge on any atom is 0.0455 e. The van der Waals surface area contributed by atoms with Crippen molar-refractivity contribution in [3.8, 4) is 0 Å². The molecule has 2 heteroatoms. The van der Waals surface area contributed by atoms with Crippen molar-refractivity contribution in [2.75, 3.05) is 19.8 Å². The number of nitrogens with two attached hydrogens (primary N) is 1. The molecule has 0 aromatic rings. The van der Waals surface area contributed by atoms with Crippen LogP contribution in [0, 0.1) is 5.41 Å². The molecule has 0 bridgehead atoms. The smallest absolute Gasteiger partial charge is 0.0455 e. The van der Waals surface area contributed by atoms with Crippen LogP contribution < -0.4 is 5.73 Å². The van der Waals surface area contributed by atoms with Crippen LogP contribution in [0.25, 0.3) is 0 Å². The van der Waals surface area contributed by atoms with Crippen LogP contribution in [0.15, 0.2) is 0 Å². The molecule has 0 unspecified atom stereocenters. The molecule has 0 amide bonds. The number of likely N-dealkylation sites (tertiary alicyclic amines) is 1.